The van der Waals surface area contributed by atoms with Crippen molar-refractivity contribution in [2.75, 3.05) is 19.6 Å². The second-order valence-electron chi connectivity index (χ2n) is 8.34. The van der Waals surface area contributed by atoms with Gasteiger partial charge in [0.15, 0.2) is 5.82 Å². The predicted octanol–water partition coefficient (Wildman–Crippen LogP) is 2.80. The van der Waals surface area contributed by atoms with E-state index in [2.05, 4.69) is 54.5 Å². The second kappa shape index (κ2) is 8.02. The molecule has 156 valence electrons. The molecule has 0 bridgehead atoms. The van der Waals surface area contributed by atoms with Crippen molar-refractivity contribution in [3.63, 3.8) is 0 Å². The third-order valence-corrected chi connectivity index (χ3v) is 5.97. The molecular weight excluding hydrogens is 378 g/mol. The SMILES string of the molecule is Cc1nc(C2CN(C(=O)c3cc(C4CC4)[nH]n3)CCCN2Cc2ccccc2)n[nH]1. The maximum Gasteiger partial charge on any atom is 0.274 e. The van der Waals surface area contributed by atoms with E-state index in [9.17, 15) is 4.79 Å². The molecule has 1 aromatic carbocycles. The molecule has 1 unspecified atom stereocenters. The third-order valence-electron chi connectivity index (χ3n) is 5.97. The predicted molar refractivity (Wildman–Crippen MR) is 112 cm³/mol. The summed E-state index contributed by atoms with van der Waals surface area (Å²) in [7, 11) is 0. The highest BCUT2D eigenvalue weighted by Gasteiger charge is 2.33. The summed E-state index contributed by atoms with van der Waals surface area (Å²) < 4.78 is 0. The number of aryl methyl sites for hydroxylation is 1. The standard InChI is InChI=1S/C22H27N7O/c1-15-23-21(27-24-15)20-14-29(22(30)19-12-18(25-26-19)17-8-9-17)11-5-10-28(20)13-16-6-3-2-4-7-16/h2-4,6-7,12,17,20H,5,8-11,13-14H2,1H3,(H,25,26)(H,23,24,27). The van der Waals surface area contributed by atoms with Crippen molar-refractivity contribution in [2.45, 2.75) is 44.7 Å². The summed E-state index contributed by atoms with van der Waals surface area (Å²) in [4.78, 5) is 22.1. The van der Waals surface area contributed by atoms with Crippen LogP contribution in [-0.2, 0) is 6.54 Å². The number of carbonyl (C=O) groups excluding carboxylic acids is 1. The average molecular weight is 406 g/mol. The van der Waals surface area contributed by atoms with Gasteiger partial charge in [-0.25, -0.2) is 4.98 Å². The van der Waals surface area contributed by atoms with Gasteiger partial charge in [-0.2, -0.15) is 10.2 Å². The molecular formula is C22H27N7O. The lowest BCUT2D eigenvalue weighted by atomic mass is 10.1. The van der Waals surface area contributed by atoms with Crippen LogP contribution in [0, 0.1) is 6.92 Å². The van der Waals surface area contributed by atoms with Crippen LogP contribution in [0.4, 0.5) is 0 Å². The van der Waals surface area contributed by atoms with E-state index in [-0.39, 0.29) is 11.9 Å². The van der Waals surface area contributed by atoms with E-state index in [0.29, 0.717) is 24.7 Å². The van der Waals surface area contributed by atoms with E-state index in [1.165, 1.54) is 18.4 Å². The number of hydrogen-bond donors (Lipinski definition) is 2. The molecule has 3 aromatic rings. The summed E-state index contributed by atoms with van der Waals surface area (Å²) in [5.41, 5.74) is 2.84. The van der Waals surface area contributed by atoms with Gasteiger partial charge in [0.1, 0.15) is 11.5 Å². The number of aromatic nitrogens is 5. The quantitative estimate of drug-likeness (QED) is 0.681. The van der Waals surface area contributed by atoms with Crippen molar-refractivity contribution in [1.82, 2.24) is 35.2 Å². The minimum absolute atomic E-state index is 0.0167. The Labute approximate surface area is 175 Å². The molecule has 2 aromatic heterocycles. The Morgan fingerprint density at radius 2 is 1.97 bits per heavy atom. The van der Waals surface area contributed by atoms with E-state index in [1.54, 1.807) is 0 Å². The Kier molecular flexibility index (Phi) is 5.08. The molecule has 1 aliphatic carbocycles. The smallest absolute Gasteiger partial charge is 0.274 e. The van der Waals surface area contributed by atoms with Crippen molar-refractivity contribution in [3.8, 4) is 0 Å². The summed E-state index contributed by atoms with van der Waals surface area (Å²) in [6, 6.07) is 12.3. The first-order valence-corrected chi connectivity index (χ1v) is 10.7. The topological polar surface area (TPSA) is 93.8 Å². The number of H-pyrrole nitrogens is 2. The van der Waals surface area contributed by atoms with E-state index in [1.807, 2.05) is 24.0 Å². The molecule has 1 aliphatic heterocycles. The van der Waals surface area contributed by atoms with E-state index in [0.717, 1.165) is 36.9 Å². The van der Waals surface area contributed by atoms with Crippen molar-refractivity contribution in [2.24, 2.45) is 0 Å². The van der Waals surface area contributed by atoms with Crippen molar-refractivity contribution in [1.29, 1.82) is 0 Å². The molecule has 5 rings (SSSR count). The molecule has 2 N–H and O–H groups in total. The molecule has 8 heteroatoms. The van der Waals surface area contributed by atoms with Crippen LogP contribution < -0.4 is 0 Å². The lowest BCUT2D eigenvalue weighted by molar-refractivity contribution is 0.0720. The number of carbonyl (C=O) groups is 1. The summed E-state index contributed by atoms with van der Waals surface area (Å²) >= 11 is 0. The second-order valence-corrected chi connectivity index (χ2v) is 8.34. The van der Waals surface area contributed by atoms with Crippen LogP contribution in [0.2, 0.25) is 0 Å². The van der Waals surface area contributed by atoms with Crippen LogP contribution in [0.25, 0.3) is 0 Å². The van der Waals surface area contributed by atoms with Gasteiger partial charge in [0.2, 0.25) is 0 Å². The lowest BCUT2D eigenvalue weighted by Crippen LogP contribution is -2.38. The highest BCUT2D eigenvalue weighted by Crippen LogP contribution is 2.39. The zero-order chi connectivity index (χ0) is 20.5. The highest BCUT2D eigenvalue weighted by molar-refractivity contribution is 5.92. The van der Waals surface area contributed by atoms with E-state index >= 15 is 0 Å². The van der Waals surface area contributed by atoms with Crippen LogP contribution in [-0.4, -0.2) is 60.7 Å². The molecule has 3 heterocycles. The number of benzene rings is 1. The van der Waals surface area contributed by atoms with Crippen LogP contribution >= 0.6 is 0 Å². The molecule has 30 heavy (non-hydrogen) atoms. The van der Waals surface area contributed by atoms with Crippen LogP contribution in [0.1, 0.15) is 64.6 Å². The Balaban J connectivity index is 1.39. The monoisotopic (exact) mass is 405 g/mol. The number of amides is 1. The van der Waals surface area contributed by atoms with E-state index < -0.39 is 0 Å². The van der Waals surface area contributed by atoms with Crippen LogP contribution in [0.3, 0.4) is 0 Å². The maximum absolute atomic E-state index is 13.2. The van der Waals surface area contributed by atoms with Gasteiger partial charge >= 0.3 is 0 Å². The number of rotatable bonds is 5. The fourth-order valence-corrected chi connectivity index (χ4v) is 4.19. The normalized spacial score (nSPS) is 20.3. The lowest BCUT2D eigenvalue weighted by Gasteiger charge is -2.29. The average Bonchev–Trinajstić information content (AvgIpc) is 3.40. The maximum atomic E-state index is 13.2. The Hall–Kier alpha value is -3.00. The third kappa shape index (κ3) is 4.00. The fourth-order valence-electron chi connectivity index (χ4n) is 4.19. The van der Waals surface area contributed by atoms with Crippen molar-refractivity contribution in [3.05, 3.63) is 65.0 Å². The van der Waals surface area contributed by atoms with Gasteiger partial charge in [-0.05, 0) is 37.8 Å². The zero-order valence-corrected chi connectivity index (χ0v) is 17.2. The van der Waals surface area contributed by atoms with Crippen LogP contribution in [0.5, 0.6) is 0 Å². The van der Waals surface area contributed by atoms with Gasteiger partial charge in [0.05, 0.1) is 6.04 Å². The highest BCUT2D eigenvalue weighted by atomic mass is 16.2. The minimum Gasteiger partial charge on any atom is -0.335 e. The van der Waals surface area contributed by atoms with Gasteiger partial charge < -0.3 is 4.90 Å². The molecule has 1 saturated heterocycles. The number of aromatic amines is 2. The molecule has 2 aliphatic rings. The summed E-state index contributed by atoms with van der Waals surface area (Å²) in [5, 5.41) is 14.8. The number of hydrogen-bond acceptors (Lipinski definition) is 5. The van der Waals surface area contributed by atoms with Crippen molar-refractivity contribution < 1.29 is 4.79 Å². The largest absolute Gasteiger partial charge is 0.335 e. The molecule has 0 spiro atoms. The molecule has 1 atom stereocenters. The van der Waals surface area contributed by atoms with Gasteiger partial charge in [-0.15, -0.1) is 0 Å². The van der Waals surface area contributed by atoms with Crippen molar-refractivity contribution >= 4 is 5.91 Å². The molecule has 2 fully saturated rings. The minimum atomic E-state index is -0.0662. The first-order chi connectivity index (χ1) is 14.7. The number of nitrogens with zero attached hydrogens (tertiary/aromatic N) is 5. The summed E-state index contributed by atoms with van der Waals surface area (Å²) in [5.74, 6) is 2.06. The molecule has 8 nitrogen and oxygen atoms in total. The molecule has 0 radical (unpaired) electrons. The van der Waals surface area contributed by atoms with Crippen LogP contribution in [0.15, 0.2) is 36.4 Å². The first-order valence-electron chi connectivity index (χ1n) is 10.7. The Bertz CT molecular complexity index is 1010. The van der Waals surface area contributed by atoms with Gasteiger partial charge in [-0.1, -0.05) is 30.3 Å². The first kappa shape index (κ1) is 19.0. The Morgan fingerprint density at radius 1 is 1.13 bits per heavy atom. The summed E-state index contributed by atoms with van der Waals surface area (Å²) in [6.07, 6.45) is 3.26. The fraction of sp³-hybridized carbons (Fsp3) is 0.455. The van der Waals surface area contributed by atoms with Gasteiger partial charge in [0, 0.05) is 37.8 Å². The number of nitrogens with one attached hydrogen (secondary N) is 2. The van der Waals surface area contributed by atoms with Gasteiger partial charge in [0.25, 0.3) is 5.91 Å². The molecule has 1 amide bonds. The molecule has 1 saturated carbocycles. The Morgan fingerprint density at radius 3 is 2.70 bits per heavy atom. The zero-order valence-electron chi connectivity index (χ0n) is 17.2. The summed E-state index contributed by atoms with van der Waals surface area (Å²) in [6.45, 7) is 4.84. The van der Waals surface area contributed by atoms with Gasteiger partial charge in [-0.3, -0.25) is 19.9 Å². The van der Waals surface area contributed by atoms with E-state index in [4.69, 9.17) is 0 Å².